The SMILES string of the molecule is Brc1ccc(NC2C=CCC2)cc1. The number of hydrogen-bond acceptors (Lipinski definition) is 1. The molecule has 0 heterocycles. The molecule has 1 aromatic carbocycles. The van der Waals surface area contributed by atoms with Crippen molar-refractivity contribution in [1.29, 1.82) is 0 Å². The summed E-state index contributed by atoms with van der Waals surface area (Å²) in [5, 5.41) is 3.46. The molecule has 1 unspecified atom stereocenters. The molecule has 0 saturated heterocycles. The molecule has 0 aliphatic heterocycles. The summed E-state index contributed by atoms with van der Waals surface area (Å²) in [7, 11) is 0. The van der Waals surface area contributed by atoms with E-state index in [-0.39, 0.29) is 0 Å². The van der Waals surface area contributed by atoms with Crippen LogP contribution in [0.15, 0.2) is 40.9 Å². The van der Waals surface area contributed by atoms with Gasteiger partial charge in [-0.25, -0.2) is 0 Å². The smallest absolute Gasteiger partial charge is 0.0447 e. The third kappa shape index (κ3) is 2.34. The average molecular weight is 238 g/mol. The number of allylic oxidation sites excluding steroid dienone is 1. The van der Waals surface area contributed by atoms with Crippen molar-refractivity contribution in [2.75, 3.05) is 5.32 Å². The van der Waals surface area contributed by atoms with Crippen LogP contribution in [-0.2, 0) is 0 Å². The van der Waals surface area contributed by atoms with Crippen LogP contribution in [0.2, 0.25) is 0 Å². The lowest BCUT2D eigenvalue weighted by atomic mass is 10.2. The second-order valence-electron chi connectivity index (χ2n) is 3.26. The fourth-order valence-electron chi connectivity index (χ4n) is 1.51. The summed E-state index contributed by atoms with van der Waals surface area (Å²) in [5.41, 5.74) is 1.19. The van der Waals surface area contributed by atoms with E-state index in [1.165, 1.54) is 18.5 Å². The summed E-state index contributed by atoms with van der Waals surface area (Å²) in [5.74, 6) is 0. The van der Waals surface area contributed by atoms with Crippen LogP contribution in [0.5, 0.6) is 0 Å². The van der Waals surface area contributed by atoms with Crippen LogP contribution in [0.1, 0.15) is 12.8 Å². The first-order chi connectivity index (χ1) is 6.34. The molecule has 1 N–H and O–H groups in total. The minimum Gasteiger partial charge on any atom is -0.379 e. The van der Waals surface area contributed by atoms with Crippen molar-refractivity contribution in [1.82, 2.24) is 0 Å². The van der Waals surface area contributed by atoms with Crippen LogP contribution in [0.4, 0.5) is 5.69 Å². The van der Waals surface area contributed by atoms with Gasteiger partial charge < -0.3 is 5.32 Å². The van der Waals surface area contributed by atoms with Crippen LogP contribution in [-0.4, -0.2) is 6.04 Å². The van der Waals surface area contributed by atoms with Crippen molar-refractivity contribution in [3.8, 4) is 0 Å². The molecule has 0 aromatic heterocycles. The average Bonchev–Trinajstić information content (AvgIpc) is 2.62. The Balaban J connectivity index is 2.01. The summed E-state index contributed by atoms with van der Waals surface area (Å²) in [4.78, 5) is 0. The Labute approximate surface area is 87.0 Å². The highest BCUT2D eigenvalue weighted by molar-refractivity contribution is 9.10. The zero-order valence-electron chi connectivity index (χ0n) is 7.33. The van der Waals surface area contributed by atoms with Gasteiger partial charge in [-0.15, -0.1) is 0 Å². The van der Waals surface area contributed by atoms with E-state index in [1.54, 1.807) is 0 Å². The molecule has 0 spiro atoms. The van der Waals surface area contributed by atoms with Gasteiger partial charge in [0.2, 0.25) is 0 Å². The van der Waals surface area contributed by atoms with Gasteiger partial charge in [0.15, 0.2) is 0 Å². The normalized spacial score (nSPS) is 20.5. The minimum atomic E-state index is 0.529. The van der Waals surface area contributed by atoms with E-state index in [2.05, 4.69) is 57.7 Å². The minimum absolute atomic E-state index is 0.529. The summed E-state index contributed by atoms with van der Waals surface area (Å²) in [6, 6.07) is 8.83. The molecule has 0 amide bonds. The molecule has 1 aliphatic carbocycles. The first-order valence-electron chi connectivity index (χ1n) is 4.53. The summed E-state index contributed by atoms with van der Waals surface area (Å²) in [6.45, 7) is 0. The van der Waals surface area contributed by atoms with E-state index in [4.69, 9.17) is 0 Å². The monoisotopic (exact) mass is 237 g/mol. The summed E-state index contributed by atoms with van der Waals surface area (Å²) < 4.78 is 1.13. The van der Waals surface area contributed by atoms with Gasteiger partial charge in [-0.3, -0.25) is 0 Å². The van der Waals surface area contributed by atoms with Gasteiger partial charge in [0.05, 0.1) is 0 Å². The Morgan fingerprint density at radius 3 is 2.62 bits per heavy atom. The van der Waals surface area contributed by atoms with Crippen LogP contribution in [0, 0.1) is 0 Å². The lowest BCUT2D eigenvalue weighted by Crippen LogP contribution is -2.12. The number of nitrogens with one attached hydrogen (secondary N) is 1. The zero-order chi connectivity index (χ0) is 9.10. The van der Waals surface area contributed by atoms with Gasteiger partial charge in [0, 0.05) is 16.2 Å². The number of hydrogen-bond donors (Lipinski definition) is 1. The number of rotatable bonds is 2. The molecule has 13 heavy (non-hydrogen) atoms. The van der Waals surface area contributed by atoms with E-state index < -0.39 is 0 Å². The first-order valence-corrected chi connectivity index (χ1v) is 5.33. The maximum atomic E-state index is 3.46. The Morgan fingerprint density at radius 1 is 1.23 bits per heavy atom. The predicted octanol–water partition coefficient (Wildman–Crippen LogP) is 3.58. The highest BCUT2D eigenvalue weighted by atomic mass is 79.9. The quantitative estimate of drug-likeness (QED) is 0.776. The largest absolute Gasteiger partial charge is 0.379 e. The fraction of sp³-hybridized carbons (Fsp3) is 0.273. The first kappa shape index (κ1) is 8.82. The second-order valence-corrected chi connectivity index (χ2v) is 4.18. The molecule has 1 nitrogen and oxygen atoms in total. The van der Waals surface area contributed by atoms with E-state index >= 15 is 0 Å². The second kappa shape index (κ2) is 3.97. The van der Waals surface area contributed by atoms with Crippen LogP contribution in [0.25, 0.3) is 0 Å². The molecule has 1 atom stereocenters. The van der Waals surface area contributed by atoms with Gasteiger partial charge in [-0.05, 0) is 37.1 Å². The molecule has 2 rings (SSSR count). The van der Waals surface area contributed by atoms with Gasteiger partial charge in [0.1, 0.15) is 0 Å². The van der Waals surface area contributed by atoms with E-state index in [9.17, 15) is 0 Å². The molecule has 1 aliphatic rings. The Morgan fingerprint density at radius 2 is 2.00 bits per heavy atom. The molecule has 0 bridgehead atoms. The summed E-state index contributed by atoms with van der Waals surface area (Å²) in [6.07, 6.45) is 6.89. The molecule has 0 fully saturated rings. The van der Waals surface area contributed by atoms with Gasteiger partial charge in [-0.2, -0.15) is 0 Å². The van der Waals surface area contributed by atoms with E-state index in [1.807, 2.05) is 0 Å². The molecular weight excluding hydrogens is 226 g/mol. The predicted molar refractivity (Wildman–Crippen MR) is 59.9 cm³/mol. The molecule has 1 aromatic rings. The van der Waals surface area contributed by atoms with Gasteiger partial charge in [0.25, 0.3) is 0 Å². The van der Waals surface area contributed by atoms with Crippen molar-refractivity contribution < 1.29 is 0 Å². The van der Waals surface area contributed by atoms with E-state index in [0.717, 1.165) is 4.47 Å². The van der Waals surface area contributed by atoms with Crippen LogP contribution in [0.3, 0.4) is 0 Å². The fourth-order valence-corrected chi connectivity index (χ4v) is 1.78. The lowest BCUT2D eigenvalue weighted by Gasteiger charge is -2.11. The third-order valence-corrected chi connectivity index (χ3v) is 2.74. The standard InChI is InChI=1S/C11H12BrN/c12-9-5-7-11(8-6-9)13-10-3-1-2-4-10/h1,3,5-8,10,13H,2,4H2. The molecule has 2 heteroatoms. The maximum absolute atomic E-state index is 3.46. The zero-order valence-corrected chi connectivity index (χ0v) is 8.92. The van der Waals surface area contributed by atoms with E-state index in [0.29, 0.717) is 6.04 Å². The molecule has 0 saturated carbocycles. The Hall–Kier alpha value is -0.760. The highest BCUT2D eigenvalue weighted by Gasteiger charge is 2.07. The lowest BCUT2D eigenvalue weighted by molar-refractivity contribution is 0.826. The van der Waals surface area contributed by atoms with Crippen molar-refractivity contribution in [3.05, 3.63) is 40.9 Å². The Bertz CT molecular complexity index is 302. The van der Waals surface area contributed by atoms with Crippen LogP contribution < -0.4 is 5.32 Å². The van der Waals surface area contributed by atoms with Gasteiger partial charge in [-0.1, -0.05) is 28.1 Å². The number of halogens is 1. The molecular formula is C11H12BrN. The molecule has 68 valence electrons. The summed E-state index contributed by atoms with van der Waals surface area (Å²) >= 11 is 3.42. The maximum Gasteiger partial charge on any atom is 0.0447 e. The van der Waals surface area contributed by atoms with Crippen molar-refractivity contribution in [2.45, 2.75) is 18.9 Å². The van der Waals surface area contributed by atoms with Gasteiger partial charge >= 0.3 is 0 Å². The van der Waals surface area contributed by atoms with Crippen molar-refractivity contribution in [2.24, 2.45) is 0 Å². The van der Waals surface area contributed by atoms with Crippen molar-refractivity contribution in [3.63, 3.8) is 0 Å². The molecule has 0 radical (unpaired) electrons. The highest BCUT2D eigenvalue weighted by Crippen LogP contribution is 2.18. The number of anilines is 1. The number of benzene rings is 1. The Kier molecular flexibility index (Phi) is 2.69. The third-order valence-electron chi connectivity index (χ3n) is 2.21. The van der Waals surface area contributed by atoms with Crippen molar-refractivity contribution >= 4 is 21.6 Å². The van der Waals surface area contributed by atoms with Crippen LogP contribution >= 0.6 is 15.9 Å². The topological polar surface area (TPSA) is 12.0 Å².